The van der Waals surface area contributed by atoms with Gasteiger partial charge in [-0.25, -0.2) is 4.98 Å². The summed E-state index contributed by atoms with van der Waals surface area (Å²) >= 11 is 1.58. The van der Waals surface area contributed by atoms with Gasteiger partial charge in [0.15, 0.2) is 16.6 Å². The van der Waals surface area contributed by atoms with Crippen LogP contribution in [0, 0.1) is 30.1 Å². The molecule has 0 spiro atoms. The Morgan fingerprint density at radius 2 is 1.47 bits per heavy atom. The molecule has 0 saturated carbocycles. The molecule has 1 aromatic rings. The molecule has 0 fully saturated rings. The van der Waals surface area contributed by atoms with Crippen LogP contribution in [0.3, 0.4) is 0 Å². The number of esters is 1. The molecule has 0 aliphatic heterocycles. The van der Waals surface area contributed by atoms with Gasteiger partial charge in [0.05, 0.1) is 29.3 Å². The minimum atomic E-state index is -2.43. The van der Waals surface area contributed by atoms with Crippen molar-refractivity contribution in [1.29, 1.82) is 0 Å². The van der Waals surface area contributed by atoms with E-state index in [1.54, 1.807) is 17.4 Å². The van der Waals surface area contributed by atoms with E-state index in [1.165, 1.54) is 5.57 Å². The number of rotatable bonds is 20. The van der Waals surface area contributed by atoms with Crippen molar-refractivity contribution in [2.75, 3.05) is 0 Å². The second kappa shape index (κ2) is 18.6. The van der Waals surface area contributed by atoms with Crippen molar-refractivity contribution in [2.24, 2.45) is 23.2 Å². The summed E-state index contributed by atoms with van der Waals surface area (Å²) < 4.78 is 20.4. The van der Waals surface area contributed by atoms with Crippen molar-refractivity contribution >= 4 is 45.8 Å². The average Bonchev–Trinajstić information content (AvgIpc) is 3.39. The molecule has 0 aromatic carbocycles. The largest absolute Gasteiger partial charge is 0.457 e. The van der Waals surface area contributed by atoms with E-state index < -0.39 is 46.1 Å². The van der Waals surface area contributed by atoms with Gasteiger partial charge in [0.1, 0.15) is 11.9 Å². The van der Waals surface area contributed by atoms with Crippen LogP contribution in [-0.2, 0) is 23.2 Å². The number of Topliss-reactive ketones (excluding diaryl/α,β-unsaturated/α-hetero) is 1. The van der Waals surface area contributed by atoms with Gasteiger partial charge in [0, 0.05) is 22.6 Å². The number of thiazole rings is 1. The number of aromatic nitrogens is 1. The molecule has 0 N–H and O–H groups in total. The highest BCUT2D eigenvalue weighted by Crippen LogP contribution is 2.44. The Balaban J connectivity index is 3.61. The van der Waals surface area contributed by atoms with E-state index in [2.05, 4.69) is 99.7 Å². The lowest BCUT2D eigenvalue weighted by Gasteiger charge is -2.46. The summed E-state index contributed by atoms with van der Waals surface area (Å²) in [7, 11) is -4.66. The topological polar surface area (TPSA) is 74.7 Å². The van der Waals surface area contributed by atoms with E-state index >= 15 is 0 Å². The summed E-state index contributed by atoms with van der Waals surface area (Å²) in [6.07, 6.45) is 5.17. The van der Waals surface area contributed by atoms with E-state index in [1.807, 2.05) is 53.0 Å². The standard InChI is InChI=1S/C42H75NO5SSi2/c1-21-29(4)37(31(6)25-34-27-49-33(8)43-34)46-36(44)26-35(47-50(17,18)40(9,10)11)42(15,16)39(45)32(7)38(30(5)24-22-23-28(2)3)48-51(19,20)41(12,13)14/h21,25,27,29-30,32,35,37-38H,1-2,22-24,26H2,3-20H3/b31-25+/t29-,30-,32+,35-,37-,38-/m0/s1. The van der Waals surface area contributed by atoms with Gasteiger partial charge < -0.3 is 13.6 Å². The third-order valence-corrected chi connectivity index (χ3v) is 21.3. The Hall–Kier alpha value is -1.66. The van der Waals surface area contributed by atoms with Crippen LogP contribution in [-0.4, -0.2) is 51.7 Å². The maximum Gasteiger partial charge on any atom is 0.309 e. The Labute approximate surface area is 319 Å². The summed E-state index contributed by atoms with van der Waals surface area (Å²) in [4.78, 5) is 33.6. The van der Waals surface area contributed by atoms with Crippen molar-refractivity contribution in [3.05, 3.63) is 46.5 Å². The zero-order valence-corrected chi connectivity index (χ0v) is 38.7. The molecule has 292 valence electrons. The number of ether oxygens (including phenoxy) is 1. The second-order valence-electron chi connectivity index (χ2n) is 18.8. The van der Waals surface area contributed by atoms with E-state index in [-0.39, 0.29) is 40.2 Å². The second-order valence-corrected chi connectivity index (χ2v) is 29.4. The molecule has 9 heteroatoms. The maximum atomic E-state index is 15.0. The van der Waals surface area contributed by atoms with Crippen LogP contribution < -0.4 is 0 Å². The number of carbonyl (C=O) groups is 2. The molecule has 6 nitrogen and oxygen atoms in total. The van der Waals surface area contributed by atoms with Gasteiger partial charge in [0.2, 0.25) is 0 Å². The fraction of sp³-hybridized carbons (Fsp3) is 0.738. The van der Waals surface area contributed by atoms with E-state index in [0.717, 1.165) is 35.5 Å². The van der Waals surface area contributed by atoms with Gasteiger partial charge in [-0.05, 0) is 93.9 Å². The number of aryl methyl sites for hydroxylation is 1. The van der Waals surface area contributed by atoms with Crippen LogP contribution in [0.2, 0.25) is 36.3 Å². The summed E-state index contributed by atoms with van der Waals surface area (Å²) in [5.41, 5.74) is 1.90. The Bertz CT molecular complexity index is 1360. The van der Waals surface area contributed by atoms with Crippen LogP contribution in [0.4, 0.5) is 0 Å². The van der Waals surface area contributed by atoms with Crippen LogP contribution >= 0.6 is 11.3 Å². The Morgan fingerprint density at radius 1 is 0.941 bits per heavy atom. The summed E-state index contributed by atoms with van der Waals surface area (Å²) in [6, 6.07) is 0. The predicted molar refractivity (Wildman–Crippen MR) is 224 cm³/mol. The lowest BCUT2D eigenvalue weighted by atomic mass is 9.73. The first kappa shape index (κ1) is 47.4. The maximum absolute atomic E-state index is 15.0. The zero-order chi connectivity index (χ0) is 39.9. The summed E-state index contributed by atoms with van der Waals surface area (Å²) in [5.74, 6) is -0.707. The molecule has 1 aromatic heterocycles. The van der Waals surface area contributed by atoms with Gasteiger partial charge in [-0.15, -0.1) is 24.5 Å². The molecule has 0 aliphatic rings. The first-order valence-electron chi connectivity index (χ1n) is 18.9. The minimum Gasteiger partial charge on any atom is -0.457 e. The molecule has 1 heterocycles. The highest BCUT2D eigenvalue weighted by Gasteiger charge is 2.50. The van der Waals surface area contributed by atoms with E-state index in [0.29, 0.717) is 0 Å². The van der Waals surface area contributed by atoms with Crippen molar-refractivity contribution in [3.8, 4) is 0 Å². The third-order valence-electron chi connectivity index (χ3n) is 11.6. The van der Waals surface area contributed by atoms with Crippen LogP contribution in [0.25, 0.3) is 6.08 Å². The third kappa shape index (κ3) is 13.6. The van der Waals surface area contributed by atoms with Crippen molar-refractivity contribution in [3.63, 3.8) is 0 Å². The first-order valence-corrected chi connectivity index (χ1v) is 25.6. The summed E-state index contributed by atoms with van der Waals surface area (Å²) in [6.45, 7) is 46.3. The molecule has 51 heavy (non-hydrogen) atoms. The predicted octanol–water partition coefficient (Wildman–Crippen LogP) is 12.4. The molecule has 0 radical (unpaired) electrons. The van der Waals surface area contributed by atoms with E-state index in [4.69, 9.17) is 13.6 Å². The number of carbonyl (C=O) groups excluding carboxylic acids is 2. The van der Waals surface area contributed by atoms with Crippen LogP contribution in [0.5, 0.6) is 0 Å². The average molecular weight is 762 g/mol. The van der Waals surface area contributed by atoms with Crippen LogP contribution in [0.1, 0.15) is 126 Å². The molecule has 0 unspecified atom stereocenters. The Morgan fingerprint density at radius 3 is 1.92 bits per heavy atom. The van der Waals surface area contributed by atoms with Crippen molar-refractivity contribution < 1.29 is 23.2 Å². The van der Waals surface area contributed by atoms with Crippen LogP contribution in [0.15, 0.2) is 35.8 Å². The molecule has 0 aliphatic carbocycles. The number of hydrogen-bond acceptors (Lipinski definition) is 7. The number of nitrogens with zero attached hydrogens (tertiary/aromatic N) is 1. The minimum absolute atomic E-state index is 0.0112. The lowest BCUT2D eigenvalue weighted by molar-refractivity contribution is -0.154. The quantitative estimate of drug-likeness (QED) is 0.0748. The van der Waals surface area contributed by atoms with Gasteiger partial charge >= 0.3 is 5.97 Å². The first-order chi connectivity index (χ1) is 23.0. The van der Waals surface area contributed by atoms with Gasteiger partial charge in [0.25, 0.3) is 0 Å². The van der Waals surface area contributed by atoms with Gasteiger partial charge in [-0.2, -0.15) is 0 Å². The fourth-order valence-corrected chi connectivity index (χ4v) is 9.31. The monoisotopic (exact) mass is 761 g/mol. The molecule has 0 amide bonds. The van der Waals surface area contributed by atoms with Gasteiger partial charge in [-0.1, -0.05) is 87.8 Å². The molecule has 1 rings (SSSR count). The lowest BCUT2D eigenvalue weighted by Crippen LogP contribution is -2.54. The normalized spacial score (nSPS) is 17.3. The SMILES string of the molecule is C=C[C@H](C)[C@H](OC(=O)C[C@H](O[Si](C)(C)C(C)(C)C)C(C)(C)C(=O)[C@H](C)[C@@H](O[Si](C)(C)C(C)(C)C)[C@@H](C)CCCC(=C)C)/C(C)=C/c1csc(C)n1. The molecule has 0 saturated heterocycles. The smallest absolute Gasteiger partial charge is 0.309 e. The summed E-state index contributed by atoms with van der Waals surface area (Å²) in [5, 5.41) is 2.83. The van der Waals surface area contributed by atoms with Gasteiger partial charge in [-0.3, -0.25) is 9.59 Å². The highest BCUT2D eigenvalue weighted by atomic mass is 32.1. The number of ketones is 1. The number of hydrogen-bond donors (Lipinski definition) is 0. The molecule has 6 atom stereocenters. The highest BCUT2D eigenvalue weighted by molar-refractivity contribution is 7.09. The van der Waals surface area contributed by atoms with E-state index in [9.17, 15) is 9.59 Å². The van der Waals surface area contributed by atoms with Crippen molar-refractivity contribution in [2.45, 2.75) is 177 Å². The molecule has 0 bridgehead atoms. The molecular weight excluding hydrogens is 687 g/mol. The Kier molecular flexibility index (Phi) is 17.3. The zero-order valence-electron chi connectivity index (χ0n) is 35.8. The number of allylic oxidation sites excluding steroid dienone is 1. The van der Waals surface area contributed by atoms with Crippen molar-refractivity contribution in [1.82, 2.24) is 4.98 Å². The molecular formula is C42H75NO5SSi2. The fourth-order valence-electron chi connectivity index (χ4n) is 5.83.